The Morgan fingerprint density at radius 3 is 2.76 bits per heavy atom. The van der Waals surface area contributed by atoms with E-state index in [9.17, 15) is 8.42 Å². The monoisotopic (exact) mass is 322 g/mol. The van der Waals surface area contributed by atoms with Gasteiger partial charge in [-0.15, -0.1) is 0 Å². The summed E-state index contributed by atoms with van der Waals surface area (Å²) in [5, 5.41) is 8.87. The zero-order valence-corrected chi connectivity index (χ0v) is 12.6. The number of aromatic nitrogens is 2. The lowest BCUT2D eigenvalue weighted by Gasteiger charge is -2.07. The summed E-state index contributed by atoms with van der Waals surface area (Å²) in [6.07, 6.45) is 1.56. The Morgan fingerprint density at radius 2 is 2.14 bits per heavy atom. The van der Waals surface area contributed by atoms with E-state index in [1.54, 1.807) is 19.2 Å². The number of benzene rings is 1. The Hall–Kier alpha value is -2.01. The molecule has 0 unspecified atom stereocenters. The van der Waals surface area contributed by atoms with E-state index in [0.717, 1.165) is 0 Å². The lowest BCUT2D eigenvalue weighted by molar-refractivity contribution is 0.580. The van der Waals surface area contributed by atoms with Crippen LogP contribution in [0.2, 0.25) is 5.02 Å². The van der Waals surface area contributed by atoms with Crippen LogP contribution >= 0.6 is 11.6 Å². The van der Waals surface area contributed by atoms with Crippen LogP contribution in [-0.4, -0.2) is 18.4 Å². The molecule has 2 aromatic rings. The van der Waals surface area contributed by atoms with Crippen LogP contribution in [-0.2, 0) is 16.6 Å². The number of nitrogens with one attached hydrogen (secondary N) is 1. The highest BCUT2D eigenvalue weighted by molar-refractivity contribution is 7.89. The standard InChI is InChI=1S/C13H11ClN4O2S/c1-9-16-5-4-11(18-9)8-17-21(19,20)12-3-2-10(7-15)13(14)6-12/h2-6,17H,8H2,1H3. The van der Waals surface area contributed by atoms with E-state index in [4.69, 9.17) is 16.9 Å². The van der Waals surface area contributed by atoms with Crippen molar-refractivity contribution in [3.63, 3.8) is 0 Å². The fourth-order valence-electron chi connectivity index (χ4n) is 1.61. The van der Waals surface area contributed by atoms with Gasteiger partial charge in [-0.3, -0.25) is 0 Å². The second-order valence-corrected chi connectivity index (χ2v) is 6.35. The molecule has 0 aliphatic carbocycles. The van der Waals surface area contributed by atoms with Crippen molar-refractivity contribution in [2.45, 2.75) is 18.4 Å². The summed E-state index contributed by atoms with van der Waals surface area (Å²) in [6.45, 7) is 1.77. The van der Waals surface area contributed by atoms with Gasteiger partial charge < -0.3 is 0 Å². The molecule has 2 rings (SSSR count). The van der Waals surface area contributed by atoms with Crippen molar-refractivity contribution in [3.05, 3.63) is 52.6 Å². The van der Waals surface area contributed by atoms with E-state index in [0.29, 0.717) is 11.5 Å². The second-order valence-electron chi connectivity index (χ2n) is 4.17. The number of hydrogen-bond acceptors (Lipinski definition) is 5. The first kappa shape index (κ1) is 15.4. The normalized spacial score (nSPS) is 11.1. The molecule has 0 radical (unpaired) electrons. The third-order valence-electron chi connectivity index (χ3n) is 2.65. The van der Waals surface area contributed by atoms with Crippen LogP contribution in [0.4, 0.5) is 0 Å². The molecule has 0 aliphatic heterocycles. The molecular formula is C13H11ClN4O2S. The van der Waals surface area contributed by atoms with E-state index in [2.05, 4.69) is 14.7 Å². The third-order valence-corrected chi connectivity index (χ3v) is 4.36. The van der Waals surface area contributed by atoms with E-state index in [1.165, 1.54) is 18.2 Å². The first-order chi connectivity index (χ1) is 9.92. The number of hydrogen-bond donors (Lipinski definition) is 1. The van der Waals surface area contributed by atoms with Crippen LogP contribution in [0.25, 0.3) is 0 Å². The number of rotatable bonds is 4. The van der Waals surface area contributed by atoms with Crippen LogP contribution in [0.3, 0.4) is 0 Å². The predicted octanol–water partition coefficient (Wildman–Crippen LogP) is 1.79. The molecule has 108 valence electrons. The molecule has 0 saturated heterocycles. The van der Waals surface area contributed by atoms with Crippen molar-refractivity contribution in [2.75, 3.05) is 0 Å². The summed E-state index contributed by atoms with van der Waals surface area (Å²) in [5.41, 5.74) is 0.785. The number of aryl methyl sites for hydroxylation is 1. The molecule has 0 saturated carbocycles. The minimum atomic E-state index is -3.72. The molecule has 1 aromatic heterocycles. The first-order valence-corrected chi connectivity index (χ1v) is 7.76. The van der Waals surface area contributed by atoms with Crippen LogP contribution in [0.1, 0.15) is 17.1 Å². The third kappa shape index (κ3) is 3.76. The zero-order valence-electron chi connectivity index (χ0n) is 11.0. The van der Waals surface area contributed by atoms with Gasteiger partial charge in [0.2, 0.25) is 10.0 Å². The van der Waals surface area contributed by atoms with Gasteiger partial charge in [0.1, 0.15) is 11.9 Å². The average Bonchev–Trinajstić information content (AvgIpc) is 2.45. The van der Waals surface area contributed by atoms with Crippen LogP contribution < -0.4 is 4.72 Å². The van der Waals surface area contributed by atoms with Gasteiger partial charge in [0, 0.05) is 6.20 Å². The van der Waals surface area contributed by atoms with E-state index in [-0.39, 0.29) is 22.0 Å². The summed E-state index contributed by atoms with van der Waals surface area (Å²) in [6, 6.07) is 7.44. The molecule has 0 bridgehead atoms. The molecule has 8 heteroatoms. The Labute approximate surface area is 127 Å². The second kappa shape index (κ2) is 6.18. The van der Waals surface area contributed by atoms with Crippen molar-refractivity contribution in [2.24, 2.45) is 0 Å². The summed E-state index contributed by atoms with van der Waals surface area (Å²) in [5.74, 6) is 0.563. The summed E-state index contributed by atoms with van der Waals surface area (Å²) in [7, 11) is -3.72. The van der Waals surface area contributed by atoms with Gasteiger partial charge in [0.05, 0.1) is 27.7 Å². The average molecular weight is 323 g/mol. The van der Waals surface area contributed by atoms with Gasteiger partial charge in [-0.25, -0.2) is 23.1 Å². The number of halogens is 1. The van der Waals surface area contributed by atoms with Crippen molar-refractivity contribution in [1.29, 1.82) is 5.26 Å². The molecule has 0 aliphatic rings. The maximum atomic E-state index is 12.1. The molecule has 0 spiro atoms. The molecule has 21 heavy (non-hydrogen) atoms. The molecule has 6 nitrogen and oxygen atoms in total. The van der Waals surface area contributed by atoms with Crippen molar-refractivity contribution < 1.29 is 8.42 Å². The summed E-state index contributed by atoms with van der Waals surface area (Å²) in [4.78, 5) is 8.04. The van der Waals surface area contributed by atoms with Crippen LogP contribution in [0.5, 0.6) is 0 Å². The fourth-order valence-corrected chi connectivity index (χ4v) is 2.92. The molecule has 0 atom stereocenters. The molecule has 1 N–H and O–H groups in total. The lowest BCUT2D eigenvalue weighted by atomic mass is 10.2. The number of nitriles is 1. The maximum absolute atomic E-state index is 12.1. The molecule has 0 amide bonds. The molecule has 1 aromatic carbocycles. The number of sulfonamides is 1. The van der Waals surface area contributed by atoms with Crippen molar-refractivity contribution >= 4 is 21.6 Å². The highest BCUT2D eigenvalue weighted by Crippen LogP contribution is 2.20. The topological polar surface area (TPSA) is 95.7 Å². The van der Waals surface area contributed by atoms with Crippen LogP contribution in [0.15, 0.2) is 35.4 Å². The van der Waals surface area contributed by atoms with Gasteiger partial charge in [-0.05, 0) is 31.2 Å². The lowest BCUT2D eigenvalue weighted by Crippen LogP contribution is -2.24. The van der Waals surface area contributed by atoms with Gasteiger partial charge in [-0.1, -0.05) is 11.6 Å². The van der Waals surface area contributed by atoms with Crippen molar-refractivity contribution in [3.8, 4) is 6.07 Å². The maximum Gasteiger partial charge on any atom is 0.240 e. The Bertz CT molecular complexity index is 815. The van der Waals surface area contributed by atoms with Crippen molar-refractivity contribution in [1.82, 2.24) is 14.7 Å². The predicted molar refractivity (Wildman–Crippen MR) is 77.0 cm³/mol. The summed E-state index contributed by atoms with van der Waals surface area (Å²) >= 11 is 5.84. The minimum Gasteiger partial charge on any atom is -0.242 e. The minimum absolute atomic E-state index is 0.00252. The molecular weight excluding hydrogens is 312 g/mol. The smallest absolute Gasteiger partial charge is 0.240 e. The molecule has 1 heterocycles. The highest BCUT2D eigenvalue weighted by Gasteiger charge is 2.15. The SMILES string of the molecule is Cc1nccc(CNS(=O)(=O)c2ccc(C#N)c(Cl)c2)n1. The van der Waals surface area contributed by atoms with Gasteiger partial charge in [0.25, 0.3) is 0 Å². The summed E-state index contributed by atoms with van der Waals surface area (Å²) < 4.78 is 26.7. The van der Waals surface area contributed by atoms with E-state index in [1.807, 2.05) is 6.07 Å². The van der Waals surface area contributed by atoms with Gasteiger partial charge >= 0.3 is 0 Å². The largest absolute Gasteiger partial charge is 0.242 e. The van der Waals surface area contributed by atoms with Crippen LogP contribution in [0, 0.1) is 18.3 Å². The van der Waals surface area contributed by atoms with Gasteiger partial charge in [-0.2, -0.15) is 5.26 Å². The molecule has 0 fully saturated rings. The fraction of sp³-hybridized carbons (Fsp3) is 0.154. The van der Waals surface area contributed by atoms with E-state index < -0.39 is 10.0 Å². The quantitative estimate of drug-likeness (QED) is 0.925. The highest BCUT2D eigenvalue weighted by atomic mass is 35.5. The first-order valence-electron chi connectivity index (χ1n) is 5.90. The Kier molecular flexibility index (Phi) is 4.53. The van der Waals surface area contributed by atoms with Gasteiger partial charge in [0.15, 0.2) is 0 Å². The van der Waals surface area contributed by atoms with E-state index >= 15 is 0 Å². The zero-order chi connectivity index (χ0) is 15.5. The Balaban J connectivity index is 2.19. The Morgan fingerprint density at radius 1 is 1.38 bits per heavy atom. The number of nitrogens with zero attached hydrogens (tertiary/aromatic N) is 3.